The largest absolute Gasteiger partial charge is 0.469 e. The zero-order chi connectivity index (χ0) is 16.0. The summed E-state index contributed by atoms with van der Waals surface area (Å²) < 4.78 is 4.65. The van der Waals surface area contributed by atoms with Crippen molar-refractivity contribution in [2.45, 2.75) is 107 Å². The number of unbranched alkanes of at least 4 members (excludes halogenated alkanes) is 9. The van der Waals surface area contributed by atoms with Crippen molar-refractivity contribution in [1.82, 2.24) is 0 Å². The molecule has 0 spiro atoms. The summed E-state index contributed by atoms with van der Waals surface area (Å²) >= 11 is 2.22. The molecule has 2 atom stereocenters. The number of methoxy groups -OCH3 is 1. The number of carbonyl (C=O) groups excluding carboxylic acids is 1. The molecule has 2 nitrogen and oxygen atoms in total. The molecule has 1 saturated heterocycles. The molecule has 0 N–H and O–H groups in total. The average Bonchev–Trinajstić information content (AvgIpc) is 3.28. The topological polar surface area (TPSA) is 26.3 Å². The van der Waals surface area contributed by atoms with Gasteiger partial charge in [-0.1, -0.05) is 71.1 Å². The molecule has 0 radical (unpaired) electrons. The molecular formula is C19H36O2S. The number of thioether (sulfide) groups is 1. The van der Waals surface area contributed by atoms with Gasteiger partial charge in [-0.3, -0.25) is 4.79 Å². The fraction of sp³-hybridized carbons (Fsp3) is 0.947. The lowest BCUT2D eigenvalue weighted by atomic mass is 10.0. The number of rotatable bonds is 15. The van der Waals surface area contributed by atoms with Gasteiger partial charge in [0.15, 0.2) is 0 Å². The van der Waals surface area contributed by atoms with Crippen LogP contribution < -0.4 is 0 Å². The van der Waals surface area contributed by atoms with E-state index < -0.39 is 0 Å². The molecule has 1 aliphatic heterocycles. The van der Waals surface area contributed by atoms with Crippen LogP contribution in [-0.2, 0) is 9.53 Å². The third-order valence-electron chi connectivity index (χ3n) is 4.63. The molecule has 1 heterocycles. The minimum Gasteiger partial charge on any atom is -0.469 e. The highest BCUT2D eigenvalue weighted by molar-refractivity contribution is 8.07. The molecule has 1 aliphatic rings. The fourth-order valence-electron chi connectivity index (χ4n) is 3.06. The molecule has 3 heteroatoms. The standard InChI is InChI=1S/C19H36O2S/c1-3-4-5-6-8-11-14-17-18(22-17)15-12-9-7-10-13-16-19(20)21-2/h17-18H,3-16H2,1-2H3/t17-,18-/m1/s1. The predicted molar refractivity (Wildman–Crippen MR) is 97.5 cm³/mol. The van der Waals surface area contributed by atoms with Crippen LogP contribution in [0.15, 0.2) is 0 Å². The van der Waals surface area contributed by atoms with Crippen molar-refractivity contribution in [2.75, 3.05) is 7.11 Å². The Kier molecular flexibility index (Phi) is 12.0. The van der Waals surface area contributed by atoms with Crippen molar-refractivity contribution in [2.24, 2.45) is 0 Å². The number of carbonyl (C=O) groups is 1. The zero-order valence-electron chi connectivity index (χ0n) is 14.8. The lowest BCUT2D eigenvalue weighted by molar-refractivity contribution is -0.140. The molecule has 130 valence electrons. The van der Waals surface area contributed by atoms with E-state index in [2.05, 4.69) is 23.4 Å². The van der Waals surface area contributed by atoms with Crippen LogP contribution in [0.5, 0.6) is 0 Å². The maximum Gasteiger partial charge on any atom is 0.305 e. The van der Waals surface area contributed by atoms with Crippen LogP contribution in [0.2, 0.25) is 0 Å². The van der Waals surface area contributed by atoms with Gasteiger partial charge in [0.25, 0.3) is 0 Å². The van der Waals surface area contributed by atoms with Gasteiger partial charge >= 0.3 is 5.97 Å². The Morgan fingerprint density at radius 2 is 1.32 bits per heavy atom. The van der Waals surface area contributed by atoms with Crippen LogP contribution >= 0.6 is 11.8 Å². The summed E-state index contributed by atoms with van der Waals surface area (Å²) in [6.45, 7) is 2.28. The smallest absolute Gasteiger partial charge is 0.305 e. The maximum atomic E-state index is 11.0. The lowest BCUT2D eigenvalue weighted by Gasteiger charge is -2.02. The molecule has 1 fully saturated rings. The molecule has 0 aromatic rings. The Morgan fingerprint density at radius 1 is 0.818 bits per heavy atom. The zero-order valence-corrected chi connectivity index (χ0v) is 15.6. The highest BCUT2D eigenvalue weighted by Crippen LogP contribution is 2.47. The first-order valence-corrected chi connectivity index (χ1v) is 10.4. The number of hydrogen-bond donors (Lipinski definition) is 0. The summed E-state index contributed by atoms with van der Waals surface area (Å²) in [6, 6.07) is 0. The summed E-state index contributed by atoms with van der Waals surface area (Å²) in [5.41, 5.74) is 0. The van der Waals surface area contributed by atoms with Gasteiger partial charge in [0, 0.05) is 16.9 Å². The molecule has 0 unspecified atom stereocenters. The van der Waals surface area contributed by atoms with Crippen LogP contribution in [0.25, 0.3) is 0 Å². The second-order valence-electron chi connectivity index (χ2n) is 6.65. The van der Waals surface area contributed by atoms with Crippen molar-refractivity contribution in [1.29, 1.82) is 0 Å². The van der Waals surface area contributed by atoms with Gasteiger partial charge in [0.1, 0.15) is 0 Å². The van der Waals surface area contributed by atoms with E-state index in [0.717, 1.165) is 16.9 Å². The van der Waals surface area contributed by atoms with E-state index in [1.165, 1.54) is 84.2 Å². The van der Waals surface area contributed by atoms with Gasteiger partial charge < -0.3 is 4.74 Å². The quantitative estimate of drug-likeness (QED) is 0.206. The second kappa shape index (κ2) is 13.3. The van der Waals surface area contributed by atoms with Gasteiger partial charge in [-0.2, -0.15) is 11.8 Å². The SMILES string of the molecule is CCCCCCCC[C@H]1S[C@@H]1CCCCCCCC(=O)OC. The molecule has 0 amide bonds. The Balaban J connectivity index is 1.77. The Hall–Kier alpha value is -0.180. The molecule has 0 aliphatic carbocycles. The molecule has 0 aromatic heterocycles. The van der Waals surface area contributed by atoms with Crippen molar-refractivity contribution in [3.05, 3.63) is 0 Å². The first kappa shape index (κ1) is 19.9. The van der Waals surface area contributed by atoms with E-state index in [-0.39, 0.29) is 5.97 Å². The van der Waals surface area contributed by atoms with Crippen molar-refractivity contribution < 1.29 is 9.53 Å². The minimum absolute atomic E-state index is 0.0630. The Morgan fingerprint density at radius 3 is 1.86 bits per heavy atom. The number of ether oxygens (including phenoxy) is 1. The Bertz CT molecular complexity index is 281. The first-order valence-electron chi connectivity index (χ1n) is 9.50. The molecule has 0 aromatic carbocycles. The fourth-order valence-corrected chi connectivity index (χ4v) is 4.30. The van der Waals surface area contributed by atoms with Crippen LogP contribution in [0.1, 0.15) is 96.8 Å². The highest BCUT2D eigenvalue weighted by Gasteiger charge is 2.36. The third-order valence-corrected chi connectivity index (χ3v) is 6.14. The molecule has 0 saturated carbocycles. The van der Waals surface area contributed by atoms with Crippen molar-refractivity contribution >= 4 is 17.7 Å². The molecular weight excluding hydrogens is 292 g/mol. The second-order valence-corrected chi connectivity index (χ2v) is 8.14. The summed E-state index contributed by atoms with van der Waals surface area (Å²) in [5.74, 6) is -0.0630. The van der Waals surface area contributed by atoms with Gasteiger partial charge in [-0.05, 0) is 19.3 Å². The van der Waals surface area contributed by atoms with Crippen LogP contribution in [0, 0.1) is 0 Å². The predicted octanol–water partition coefficient (Wildman–Crippen LogP) is 6.12. The van der Waals surface area contributed by atoms with E-state index >= 15 is 0 Å². The van der Waals surface area contributed by atoms with Crippen LogP contribution in [0.4, 0.5) is 0 Å². The van der Waals surface area contributed by atoms with Gasteiger partial charge in [0.2, 0.25) is 0 Å². The summed E-state index contributed by atoms with van der Waals surface area (Å²) in [6.07, 6.45) is 18.2. The van der Waals surface area contributed by atoms with E-state index in [1.54, 1.807) is 0 Å². The van der Waals surface area contributed by atoms with Crippen LogP contribution in [0.3, 0.4) is 0 Å². The summed E-state index contributed by atoms with van der Waals surface area (Å²) in [7, 11) is 1.47. The molecule has 22 heavy (non-hydrogen) atoms. The average molecular weight is 329 g/mol. The van der Waals surface area contributed by atoms with Gasteiger partial charge in [-0.15, -0.1) is 0 Å². The van der Waals surface area contributed by atoms with E-state index in [0.29, 0.717) is 6.42 Å². The van der Waals surface area contributed by atoms with E-state index in [9.17, 15) is 4.79 Å². The molecule has 1 rings (SSSR count). The summed E-state index contributed by atoms with van der Waals surface area (Å²) in [5, 5.41) is 1.97. The Labute approximate surface area is 142 Å². The maximum absolute atomic E-state index is 11.0. The number of esters is 1. The van der Waals surface area contributed by atoms with Crippen molar-refractivity contribution in [3.8, 4) is 0 Å². The van der Waals surface area contributed by atoms with E-state index in [1.807, 2.05) is 0 Å². The van der Waals surface area contributed by atoms with Crippen LogP contribution in [-0.4, -0.2) is 23.6 Å². The van der Waals surface area contributed by atoms with E-state index in [4.69, 9.17) is 0 Å². The lowest BCUT2D eigenvalue weighted by Crippen LogP contribution is -1.99. The monoisotopic (exact) mass is 328 g/mol. The normalized spacial score (nSPS) is 20.1. The van der Waals surface area contributed by atoms with Gasteiger partial charge in [-0.25, -0.2) is 0 Å². The first-order chi connectivity index (χ1) is 10.8. The summed E-state index contributed by atoms with van der Waals surface area (Å²) in [4.78, 5) is 11.0. The number of hydrogen-bond acceptors (Lipinski definition) is 3. The van der Waals surface area contributed by atoms with Crippen molar-refractivity contribution in [3.63, 3.8) is 0 Å². The highest BCUT2D eigenvalue weighted by atomic mass is 32.2. The molecule has 0 bridgehead atoms. The van der Waals surface area contributed by atoms with Gasteiger partial charge in [0.05, 0.1) is 7.11 Å². The third kappa shape index (κ3) is 10.5. The minimum atomic E-state index is -0.0630.